The number of ether oxygens (including phenoxy) is 5. The van der Waals surface area contributed by atoms with Gasteiger partial charge in [0.2, 0.25) is 0 Å². The van der Waals surface area contributed by atoms with E-state index in [4.69, 9.17) is 23.7 Å². The molecule has 0 aromatic rings. The lowest BCUT2D eigenvalue weighted by atomic mass is 10.1. The molecule has 0 aliphatic carbocycles. The first kappa shape index (κ1) is 30.9. The smallest absolute Gasteiger partial charge is 0.306 e. The van der Waals surface area contributed by atoms with Crippen LogP contribution in [0.5, 0.6) is 0 Å². The fourth-order valence-corrected chi connectivity index (χ4v) is 3.40. The van der Waals surface area contributed by atoms with Gasteiger partial charge in [-0.05, 0) is 80.1 Å². The van der Waals surface area contributed by atoms with E-state index in [1.54, 1.807) is 0 Å². The normalized spacial score (nSPS) is 18.1. The molecule has 1 rings (SSSR count). The van der Waals surface area contributed by atoms with Crippen molar-refractivity contribution in [1.29, 1.82) is 0 Å². The maximum absolute atomic E-state index is 11.9. The lowest BCUT2D eigenvalue weighted by molar-refractivity contribution is -0.156. The second kappa shape index (κ2) is 15.1. The van der Waals surface area contributed by atoms with Crippen LogP contribution in [-0.2, 0) is 42.9 Å². The fraction of sp³-hybridized carbons (Fsp3) is 0.846. The Labute approximate surface area is 209 Å². The Morgan fingerprint density at radius 3 is 1.23 bits per heavy atom. The monoisotopic (exact) mass is 500 g/mol. The summed E-state index contributed by atoms with van der Waals surface area (Å²) in [7, 11) is 0. The van der Waals surface area contributed by atoms with Crippen LogP contribution in [0, 0.1) is 0 Å². The maximum Gasteiger partial charge on any atom is 0.306 e. The molecule has 0 unspecified atom stereocenters. The Balaban J connectivity index is 2.07. The zero-order valence-corrected chi connectivity index (χ0v) is 22.3. The standard InChI is InChI=1S/C26H44O9/c1-25(2,3)34-23(29)13-9-7-11-21(27)31-17-19-15-16-20(33-19)18-32-22(28)12-8-10-14-24(30)35-26(4,5)6/h19-20H,7-18H2,1-6H3/t19-,20+. The number of carbonyl (C=O) groups is 4. The molecule has 1 aliphatic rings. The number of esters is 4. The summed E-state index contributed by atoms with van der Waals surface area (Å²) >= 11 is 0. The minimum absolute atomic E-state index is 0.167. The van der Waals surface area contributed by atoms with Crippen LogP contribution in [0.25, 0.3) is 0 Å². The molecule has 202 valence electrons. The average Bonchev–Trinajstić information content (AvgIpc) is 3.17. The van der Waals surface area contributed by atoms with Crippen molar-refractivity contribution in [3.63, 3.8) is 0 Å². The molecule has 0 bridgehead atoms. The van der Waals surface area contributed by atoms with E-state index in [-0.39, 0.29) is 75.0 Å². The lowest BCUT2D eigenvalue weighted by Gasteiger charge is -2.19. The van der Waals surface area contributed by atoms with Gasteiger partial charge in [-0.25, -0.2) is 0 Å². The lowest BCUT2D eigenvalue weighted by Crippen LogP contribution is -2.24. The van der Waals surface area contributed by atoms with Gasteiger partial charge in [0.1, 0.15) is 24.4 Å². The minimum atomic E-state index is -0.503. The van der Waals surface area contributed by atoms with Gasteiger partial charge in [0, 0.05) is 25.7 Å². The Kier molecular flexibility index (Phi) is 13.3. The third-order valence-electron chi connectivity index (χ3n) is 4.92. The molecule has 1 heterocycles. The van der Waals surface area contributed by atoms with Gasteiger partial charge in [0.25, 0.3) is 0 Å². The van der Waals surface area contributed by atoms with Crippen molar-refractivity contribution in [3.05, 3.63) is 0 Å². The van der Waals surface area contributed by atoms with Crippen LogP contribution in [0.3, 0.4) is 0 Å². The van der Waals surface area contributed by atoms with Crippen molar-refractivity contribution in [2.75, 3.05) is 13.2 Å². The van der Waals surface area contributed by atoms with Gasteiger partial charge in [-0.2, -0.15) is 0 Å². The van der Waals surface area contributed by atoms with Crippen LogP contribution >= 0.6 is 0 Å². The van der Waals surface area contributed by atoms with Crippen molar-refractivity contribution >= 4 is 23.9 Å². The van der Waals surface area contributed by atoms with Gasteiger partial charge in [0.05, 0.1) is 12.2 Å². The Morgan fingerprint density at radius 2 is 0.914 bits per heavy atom. The van der Waals surface area contributed by atoms with Crippen molar-refractivity contribution in [1.82, 2.24) is 0 Å². The van der Waals surface area contributed by atoms with Crippen molar-refractivity contribution in [3.8, 4) is 0 Å². The van der Waals surface area contributed by atoms with Gasteiger partial charge in [-0.1, -0.05) is 0 Å². The number of hydrogen-bond donors (Lipinski definition) is 0. The quantitative estimate of drug-likeness (QED) is 0.194. The van der Waals surface area contributed by atoms with Crippen LogP contribution in [0.1, 0.15) is 106 Å². The zero-order chi connectivity index (χ0) is 26.5. The first-order valence-corrected chi connectivity index (χ1v) is 12.6. The SMILES string of the molecule is CC(C)(C)OC(=O)CCCCC(=O)OC[C@H]1CC[C@@H](COC(=O)CCCCC(=O)OC(C)(C)C)O1. The van der Waals surface area contributed by atoms with Crippen LogP contribution in [0.15, 0.2) is 0 Å². The third kappa shape index (κ3) is 17.0. The molecule has 0 saturated carbocycles. The second-order valence-corrected chi connectivity index (χ2v) is 10.9. The summed E-state index contributed by atoms with van der Waals surface area (Å²) in [6.07, 6.45) is 4.32. The number of unbranched alkanes of at least 4 members (excludes halogenated alkanes) is 2. The second-order valence-electron chi connectivity index (χ2n) is 10.9. The molecule has 0 N–H and O–H groups in total. The highest BCUT2D eigenvalue weighted by atomic mass is 16.6. The summed E-state index contributed by atoms with van der Waals surface area (Å²) in [4.78, 5) is 47.1. The highest BCUT2D eigenvalue weighted by molar-refractivity contribution is 5.71. The van der Waals surface area contributed by atoms with E-state index in [9.17, 15) is 19.2 Å². The zero-order valence-electron chi connectivity index (χ0n) is 22.3. The molecule has 9 heteroatoms. The summed E-state index contributed by atoms with van der Waals surface area (Å²) in [6.45, 7) is 11.2. The summed E-state index contributed by atoms with van der Waals surface area (Å²) < 4.78 is 26.8. The van der Waals surface area contributed by atoms with E-state index >= 15 is 0 Å². The first-order valence-electron chi connectivity index (χ1n) is 12.6. The third-order valence-corrected chi connectivity index (χ3v) is 4.92. The highest BCUT2D eigenvalue weighted by Gasteiger charge is 2.27. The maximum atomic E-state index is 11.9. The molecule has 2 atom stereocenters. The molecule has 0 radical (unpaired) electrons. The van der Waals surface area contributed by atoms with E-state index in [1.807, 2.05) is 41.5 Å². The fourth-order valence-electron chi connectivity index (χ4n) is 3.40. The number of rotatable bonds is 14. The van der Waals surface area contributed by atoms with Gasteiger partial charge < -0.3 is 23.7 Å². The highest BCUT2D eigenvalue weighted by Crippen LogP contribution is 2.21. The Bertz CT molecular complexity index is 630. The van der Waals surface area contributed by atoms with Crippen LogP contribution in [0.2, 0.25) is 0 Å². The van der Waals surface area contributed by atoms with Gasteiger partial charge in [-0.15, -0.1) is 0 Å². The summed E-state index contributed by atoms with van der Waals surface area (Å²) in [5.74, 6) is -1.17. The summed E-state index contributed by atoms with van der Waals surface area (Å²) in [6, 6.07) is 0. The van der Waals surface area contributed by atoms with E-state index < -0.39 is 11.2 Å². The van der Waals surface area contributed by atoms with Crippen LogP contribution < -0.4 is 0 Å². The minimum Gasteiger partial charge on any atom is -0.463 e. The molecule has 0 aromatic heterocycles. The molecule has 35 heavy (non-hydrogen) atoms. The van der Waals surface area contributed by atoms with Gasteiger partial charge >= 0.3 is 23.9 Å². The number of carbonyl (C=O) groups excluding carboxylic acids is 4. The predicted octanol–water partition coefficient (Wildman–Crippen LogP) is 4.42. The van der Waals surface area contributed by atoms with E-state index in [1.165, 1.54) is 0 Å². The van der Waals surface area contributed by atoms with Crippen molar-refractivity contribution in [2.24, 2.45) is 0 Å². The van der Waals surface area contributed by atoms with E-state index in [0.717, 1.165) is 12.8 Å². The molecular weight excluding hydrogens is 456 g/mol. The van der Waals surface area contributed by atoms with Crippen molar-refractivity contribution in [2.45, 2.75) is 129 Å². The first-order chi connectivity index (χ1) is 16.2. The average molecular weight is 501 g/mol. The van der Waals surface area contributed by atoms with Crippen LogP contribution in [0.4, 0.5) is 0 Å². The molecule has 0 amide bonds. The molecule has 1 fully saturated rings. The predicted molar refractivity (Wildman–Crippen MR) is 128 cm³/mol. The molecule has 0 spiro atoms. The largest absolute Gasteiger partial charge is 0.463 e. The molecular formula is C26H44O9. The van der Waals surface area contributed by atoms with Crippen LogP contribution in [-0.4, -0.2) is 60.5 Å². The Morgan fingerprint density at radius 1 is 0.600 bits per heavy atom. The summed E-state index contributed by atoms with van der Waals surface area (Å²) in [5.41, 5.74) is -1.01. The molecule has 1 aliphatic heterocycles. The molecule has 1 saturated heterocycles. The van der Waals surface area contributed by atoms with E-state index in [2.05, 4.69) is 0 Å². The molecule has 0 aromatic carbocycles. The van der Waals surface area contributed by atoms with Crippen molar-refractivity contribution < 1.29 is 42.9 Å². The topological polar surface area (TPSA) is 114 Å². The Hall–Kier alpha value is -2.16. The number of hydrogen-bond acceptors (Lipinski definition) is 9. The molecule has 9 nitrogen and oxygen atoms in total. The van der Waals surface area contributed by atoms with Gasteiger partial charge in [0.15, 0.2) is 0 Å². The summed E-state index contributed by atoms with van der Waals surface area (Å²) in [5, 5.41) is 0. The van der Waals surface area contributed by atoms with Gasteiger partial charge in [-0.3, -0.25) is 19.2 Å². The van der Waals surface area contributed by atoms with E-state index in [0.29, 0.717) is 25.7 Å².